The van der Waals surface area contributed by atoms with Crippen molar-refractivity contribution in [3.63, 3.8) is 0 Å². The summed E-state index contributed by atoms with van der Waals surface area (Å²) in [6.07, 6.45) is 3.33. The predicted octanol–water partition coefficient (Wildman–Crippen LogP) is 3.04. The normalized spacial score (nSPS) is 18.7. The van der Waals surface area contributed by atoms with Crippen LogP contribution in [-0.4, -0.2) is 29.0 Å². The smallest absolute Gasteiger partial charge is 0.253 e. The zero-order valence-electron chi connectivity index (χ0n) is 11.1. The molecule has 0 saturated carbocycles. The molecule has 1 amide bonds. The van der Waals surface area contributed by atoms with E-state index in [1.54, 1.807) is 24.3 Å². The van der Waals surface area contributed by atoms with Crippen LogP contribution in [0.25, 0.3) is 0 Å². The van der Waals surface area contributed by atoms with Crippen LogP contribution >= 0.6 is 0 Å². The van der Waals surface area contributed by atoms with Crippen molar-refractivity contribution in [2.24, 2.45) is 5.41 Å². The molecule has 1 fully saturated rings. The minimum absolute atomic E-state index is 0.0770. The Morgan fingerprint density at radius 1 is 1.28 bits per heavy atom. The predicted molar refractivity (Wildman–Crippen MR) is 71.6 cm³/mol. The summed E-state index contributed by atoms with van der Waals surface area (Å²) in [4.78, 5) is 14.2. The molecule has 0 atom stereocenters. The van der Waals surface area contributed by atoms with E-state index in [0.29, 0.717) is 11.0 Å². The summed E-state index contributed by atoms with van der Waals surface area (Å²) in [5.74, 6) is 0.275. The minimum Gasteiger partial charge on any atom is -0.508 e. The van der Waals surface area contributed by atoms with Crippen molar-refractivity contribution >= 4 is 5.91 Å². The molecule has 3 heteroatoms. The standard InChI is InChI=1S/C15H21NO2/c1-3-15(2)8-10-16(11-9-15)14(18)12-4-6-13(17)7-5-12/h4-7,17H,3,8-11H2,1-2H3. The average molecular weight is 247 g/mol. The van der Waals surface area contributed by atoms with E-state index < -0.39 is 0 Å². The number of likely N-dealkylation sites (tertiary alicyclic amines) is 1. The van der Waals surface area contributed by atoms with Gasteiger partial charge in [-0.05, 0) is 42.5 Å². The van der Waals surface area contributed by atoms with Gasteiger partial charge in [0.1, 0.15) is 5.75 Å². The van der Waals surface area contributed by atoms with Crippen LogP contribution in [0.4, 0.5) is 0 Å². The number of carbonyl (C=O) groups is 1. The van der Waals surface area contributed by atoms with E-state index in [-0.39, 0.29) is 11.7 Å². The molecule has 2 rings (SSSR count). The minimum atomic E-state index is 0.0770. The molecule has 1 heterocycles. The van der Waals surface area contributed by atoms with Gasteiger partial charge in [-0.1, -0.05) is 20.3 Å². The summed E-state index contributed by atoms with van der Waals surface area (Å²) in [6.45, 7) is 6.20. The fourth-order valence-corrected chi connectivity index (χ4v) is 2.39. The van der Waals surface area contributed by atoms with Gasteiger partial charge in [0.15, 0.2) is 0 Å². The second-order valence-corrected chi connectivity index (χ2v) is 5.50. The summed E-state index contributed by atoms with van der Waals surface area (Å²) in [6, 6.07) is 6.50. The highest BCUT2D eigenvalue weighted by Crippen LogP contribution is 2.34. The number of amides is 1. The Labute approximate surface area is 108 Å². The van der Waals surface area contributed by atoms with Crippen molar-refractivity contribution in [1.82, 2.24) is 4.90 Å². The van der Waals surface area contributed by atoms with E-state index in [0.717, 1.165) is 25.9 Å². The molecule has 0 aromatic heterocycles. The summed E-state index contributed by atoms with van der Waals surface area (Å²) in [5, 5.41) is 9.22. The van der Waals surface area contributed by atoms with Crippen LogP contribution in [0.3, 0.4) is 0 Å². The number of phenolic OH excluding ortho intramolecular Hbond substituents is 1. The fraction of sp³-hybridized carbons (Fsp3) is 0.533. The van der Waals surface area contributed by atoms with E-state index >= 15 is 0 Å². The quantitative estimate of drug-likeness (QED) is 0.872. The van der Waals surface area contributed by atoms with Crippen molar-refractivity contribution < 1.29 is 9.90 Å². The Hall–Kier alpha value is -1.51. The molecule has 3 nitrogen and oxygen atoms in total. The second-order valence-electron chi connectivity index (χ2n) is 5.50. The number of hydrogen-bond acceptors (Lipinski definition) is 2. The molecule has 0 bridgehead atoms. The molecular formula is C15H21NO2. The largest absolute Gasteiger partial charge is 0.508 e. The Balaban J connectivity index is 2.01. The van der Waals surface area contributed by atoms with Gasteiger partial charge in [0, 0.05) is 18.7 Å². The van der Waals surface area contributed by atoms with Crippen LogP contribution in [0.2, 0.25) is 0 Å². The first-order valence-electron chi connectivity index (χ1n) is 6.62. The molecule has 0 aliphatic carbocycles. The number of aromatic hydroxyl groups is 1. The molecule has 0 radical (unpaired) electrons. The number of phenols is 1. The lowest BCUT2D eigenvalue weighted by atomic mass is 9.78. The van der Waals surface area contributed by atoms with Crippen LogP contribution < -0.4 is 0 Å². The van der Waals surface area contributed by atoms with Crippen molar-refractivity contribution in [2.75, 3.05) is 13.1 Å². The van der Waals surface area contributed by atoms with E-state index in [2.05, 4.69) is 13.8 Å². The third-order valence-corrected chi connectivity index (χ3v) is 4.23. The Morgan fingerprint density at radius 3 is 2.33 bits per heavy atom. The van der Waals surface area contributed by atoms with E-state index in [1.165, 1.54) is 6.42 Å². The molecule has 18 heavy (non-hydrogen) atoms. The zero-order chi connectivity index (χ0) is 13.2. The van der Waals surface area contributed by atoms with Crippen LogP contribution in [0.1, 0.15) is 43.5 Å². The summed E-state index contributed by atoms with van der Waals surface area (Å²) < 4.78 is 0. The second kappa shape index (κ2) is 5.01. The molecule has 0 spiro atoms. The third kappa shape index (κ3) is 2.66. The molecule has 0 unspecified atom stereocenters. The van der Waals surface area contributed by atoms with E-state index in [1.807, 2.05) is 4.90 Å². The third-order valence-electron chi connectivity index (χ3n) is 4.23. The highest BCUT2D eigenvalue weighted by molar-refractivity contribution is 5.94. The molecule has 1 aromatic rings. The average Bonchev–Trinajstić information content (AvgIpc) is 2.40. The van der Waals surface area contributed by atoms with E-state index in [9.17, 15) is 9.90 Å². The SMILES string of the molecule is CCC1(C)CCN(C(=O)c2ccc(O)cc2)CC1. The van der Waals surface area contributed by atoms with Gasteiger partial charge in [0.2, 0.25) is 0 Å². The zero-order valence-corrected chi connectivity index (χ0v) is 11.1. The highest BCUT2D eigenvalue weighted by atomic mass is 16.3. The molecule has 1 saturated heterocycles. The molecule has 98 valence electrons. The van der Waals surface area contributed by atoms with E-state index in [4.69, 9.17) is 0 Å². The Morgan fingerprint density at radius 2 is 1.83 bits per heavy atom. The molecule has 1 aliphatic rings. The van der Waals surface area contributed by atoms with Crippen molar-refractivity contribution in [2.45, 2.75) is 33.1 Å². The van der Waals surface area contributed by atoms with Gasteiger partial charge in [-0.15, -0.1) is 0 Å². The summed E-state index contributed by atoms with van der Waals surface area (Å²) in [7, 11) is 0. The van der Waals surface area contributed by atoms with Crippen LogP contribution in [0.5, 0.6) is 5.75 Å². The number of piperidine rings is 1. The topological polar surface area (TPSA) is 40.5 Å². The molecule has 1 aromatic carbocycles. The van der Waals surface area contributed by atoms with Gasteiger partial charge in [0.05, 0.1) is 0 Å². The maximum absolute atomic E-state index is 12.3. The number of hydrogen-bond donors (Lipinski definition) is 1. The first kappa shape index (κ1) is 12.9. The molecule has 1 N–H and O–H groups in total. The van der Waals surface area contributed by atoms with Gasteiger partial charge in [-0.25, -0.2) is 0 Å². The van der Waals surface area contributed by atoms with Crippen LogP contribution in [-0.2, 0) is 0 Å². The number of rotatable bonds is 2. The fourth-order valence-electron chi connectivity index (χ4n) is 2.39. The number of benzene rings is 1. The van der Waals surface area contributed by atoms with Crippen molar-refractivity contribution in [3.05, 3.63) is 29.8 Å². The molecular weight excluding hydrogens is 226 g/mol. The summed E-state index contributed by atoms with van der Waals surface area (Å²) in [5.41, 5.74) is 1.05. The lowest BCUT2D eigenvalue weighted by Crippen LogP contribution is -2.41. The van der Waals surface area contributed by atoms with Gasteiger partial charge in [0.25, 0.3) is 5.91 Å². The van der Waals surface area contributed by atoms with Gasteiger partial charge < -0.3 is 10.0 Å². The van der Waals surface area contributed by atoms with Gasteiger partial charge >= 0.3 is 0 Å². The molecule has 1 aliphatic heterocycles. The van der Waals surface area contributed by atoms with Crippen molar-refractivity contribution in [3.8, 4) is 5.75 Å². The maximum atomic E-state index is 12.3. The first-order valence-corrected chi connectivity index (χ1v) is 6.62. The Bertz CT molecular complexity index is 417. The maximum Gasteiger partial charge on any atom is 0.253 e. The van der Waals surface area contributed by atoms with Crippen LogP contribution in [0, 0.1) is 5.41 Å². The first-order chi connectivity index (χ1) is 8.54. The van der Waals surface area contributed by atoms with Crippen molar-refractivity contribution in [1.29, 1.82) is 0 Å². The lowest BCUT2D eigenvalue weighted by molar-refractivity contribution is 0.0600. The monoisotopic (exact) mass is 247 g/mol. The Kier molecular flexibility index (Phi) is 3.60. The van der Waals surface area contributed by atoms with Gasteiger partial charge in [-0.2, -0.15) is 0 Å². The highest BCUT2D eigenvalue weighted by Gasteiger charge is 2.30. The summed E-state index contributed by atoms with van der Waals surface area (Å²) >= 11 is 0. The lowest BCUT2D eigenvalue weighted by Gasteiger charge is -2.38. The van der Waals surface area contributed by atoms with Crippen LogP contribution in [0.15, 0.2) is 24.3 Å². The van der Waals surface area contributed by atoms with Gasteiger partial charge in [-0.3, -0.25) is 4.79 Å². The number of nitrogens with zero attached hydrogens (tertiary/aromatic N) is 1. The number of carbonyl (C=O) groups excluding carboxylic acids is 1.